The second-order valence-corrected chi connectivity index (χ2v) is 3.85. The minimum Gasteiger partial charge on any atom is -0.467 e. The molecule has 1 aromatic heterocycles. The summed E-state index contributed by atoms with van der Waals surface area (Å²) in [4.78, 5) is 12.8. The highest BCUT2D eigenvalue weighted by atomic mass is 127. The van der Waals surface area contributed by atoms with E-state index in [0.717, 1.165) is 5.82 Å². The van der Waals surface area contributed by atoms with E-state index in [0.29, 0.717) is 25.6 Å². The number of aromatic nitrogens is 3. The maximum Gasteiger partial charge on any atom is 0.316 e. The van der Waals surface area contributed by atoms with Crippen LogP contribution in [-0.4, -0.2) is 37.2 Å². The molecule has 1 aliphatic rings. The Hall–Kier alpha value is -0.860. The van der Waals surface area contributed by atoms with Gasteiger partial charge < -0.3 is 9.64 Å². The molecule has 0 saturated heterocycles. The molecule has 14 heavy (non-hydrogen) atoms. The van der Waals surface area contributed by atoms with Gasteiger partial charge in [-0.25, -0.2) is 0 Å². The summed E-state index contributed by atoms with van der Waals surface area (Å²) >= 11 is 1.77. The van der Waals surface area contributed by atoms with Gasteiger partial charge >= 0.3 is 6.01 Å². The minimum absolute atomic E-state index is 0.0378. The molecule has 0 aliphatic carbocycles. The highest BCUT2D eigenvalue weighted by Gasteiger charge is 2.23. The smallest absolute Gasteiger partial charge is 0.316 e. The van der Waals surface area contributed by atoms with E-state index in [9.17, 15) is 4.79 Å². The quantitative estimate of drug-likeness (QED) is 0.434. The lowest BCUT2D eigenvalue weighted by Crippen LogP contribution is -2.35. The predicted molar refractivity (Wildman–Crippen MR) is 56.4 cm³/mol. The van der Waals surface area contributed by atoms with Gasteiger partial charge in [0.25, 0.3) is 3.91 Å². The lowest BCUT2D eigenvalue weighted by Gasteiger charge is -2.25. The highest BCUT2D eigenvalue weighted by Crippen LogP contribution is 2.17. The van der Waals surface area contributed by atoms with E-state index in [1.54, 1.807) is 34.6 Å². The van der Waals surface area contributed by atoms with Crippen LogP contribution in [0.3, 0.4) is 0 Å². The van der Waals surface area contributed by atoms with E-state index < -0.39 is 0 Å². The molecule has 1 aromatic rings. The van der Waals surface area contributed by atoms with E-state index in [1.807, 2.05) is 4.57 Å². The first-order valence-corrected chi connectivity index (χ1v) is 5.20. The van der Waals surface area contributed by atoms with Crippen LogP contribution in [0.4, 0.5) is 4.79 Å². The van der Waals surface area contributed by atoms with Crippen LogP contribution in [0.15, 0.2) is 0 Å². The number of hydrogen-bond donors (Lipinski definition) is 0. The fourth-order valence-corrected chi connectivity index (χ4v) is 1.84. The Morgan fingerprint density at radius 2 is 2.29 bits per heavy atom. The lowest BCUT2D eigenvalue weighted by atomic mass is 10.4. The van der Waals surface area contributed by atoms with Gasteiger partial charge in [0.15, 0.2) is 5.82 Å². The molecule has 1 aliphatic heterocycles. The zero-order valence-electron chi connectivity index (χ0n) is 7.60. The Bertz CT molecular complexity index is 365. The normalized spacial score (nSPS) is 15.1. The third kappa shape index (κ3) is 1.56. The molecule has 2 heterocycles. The SMILES string of the molecule is COc1nnc2n1CCN(C(=O)I)C2. The van der Waals surface area contributed by atoms with Crippen molar-refractivity contribution in [3.8, 4) is 6.01 Å². The molecule has 0 N–H and O–H groups in total. The van der Waals surface area contributed by atoms with Gasteiger partial charge in [-0.15, -0.1) is 5.10 Å². The molecular formula is C7H9IN4O2. The van der Waals surface area contributed by atoms with Gasteiger partial charge in [0.2, 0.25) is 0 Å². The molecule has 2 rings (SSSR count). The van der Waals surface area contributed by atoms with Crippen LogP contribution in [0.2, 0.25) is 0 Å². The number of carbonyl (C=O) groups excluding carboxylic acids is 1. The first-order valence-electron chi connectivity index (χ1n) is 4.13. The Labute approximate surface area is 94.4 Å². The van der Waals surface area contributed by atoms with Crippen molar-refractivity contribution >= 4 is 26.5 Å². The van der Waals surface area contributed by atoms with Crippen LogP contribution in [0.5, 0.6) is 6.01 Å². The average Bonchev–Trinajstić information content (AvgIpc) is 2.59. The molecule has 0 bridgehead atoms. The maximum atomic E-state index is 11.1. The zero-order chi connectivity index (χ0) is 10.1. The van der Waals surface area contributed by atoms with E-state index in [-0.39, 0.29) is 3.91 Å². The van der Waals surface area contributed by atoms with Crippen molar-refractivity contribution in [3.05, 3.63) is 5.82 Å². The predicted octanol–water partition coefficient (Wildman–Crippen LogP) is 0.657. The van der Waals surface area contributed by atoms with Crippen LogP contribution >= 0.6 is 22.6 Å². The molecule has 0 spiro atoms. The van der Waals surface area contributed by atoms with Crippen LogP contribution in [0.25, 0.3) is 0 Å². The van der Waals surface area contributed by atoms with Gasteiger partial charge in [-0.05, 0) is 0 Å². The molecule has 0 atom stereocenters. The summed E-state index contributed by atoms with van der Waals surface area (Å²) in [5, 5.41) is 7.81. The Morgan fingerprint density at radius 1 is 1.50 bits per heavy atom. The number of methoxy groups -OCH3 is 1. The number of fused-ring (bicyclic) bond motifs is 1. The Balaban J connectivity index is 2.24. The van der Waals surface area contributed by atoms with Gasteiger partial charge in [0.05, 0.1) is 13.7 Å². The molecule has 6 nitrogen and oxygen atoms in total. The van der Waals surface area contributed by atoms with Crippen LogP contribution in [0, 0.1) is 0 Å². The molecule has 0 fully saturated rings. The Morgan fingerprint density at radius 3 is 2.93 bits per heavy atom. The van der Waals surface area contributed by atoms with Crippen LogP contribution < -0.4 is 4.74 Å². The molecule has 0 radical (unpaired) electrons. The third-order valence-electron chi connectivity index (χ3n) is 2.15. The molecule has 7 heteroatoms. The van der Waals surface area contributed by atoms with E-state index in [2.05, 4.69) is 10.2 Å². The number of nitrogens with zero attached hydrogens (tertiary/aromatic N) is 4. The molecule has 0 aromatic carbocycles. The number of carbonyl (C=O) groups is 1. The number of halogens is 1. The summed E-state index contributed by atoms with van der Waals surface area (Å²) in [7, 11) is 1.56. The van der Waals surface area contributed by atoms with Crippen molar-refractivity contribution in [2.45, 2.75) is 13.1 Å². The van der Waals surface area contributed by atoms with Crippen molar-refractivity contribution in [3.63, 3.8) is 0 Å². The van der Waals surface area contributed by atoms with Crippen molar-refractivity contribution in [2.75, 3.05) is 13.7 Å². The van der Waals surface area contributed by atoms with Gasteiger partial charge in [-0.1, -0.05) is 5.10 Å². The topological polar surface area (TPSA) is 60.3 Å². The third-order valence-corrected chi connectivity index (χ3v) is 2.83. The second kappa shape index (κ2) is 3.71. The lowest BCUT2D eigenvalue weighted by molar-refractivity contribution is 0.207. The summed E-state index contributed by atoms with van der Waals surface area (Å²) in [6.07, 6.45) is 0. The fraction of sp³-hybridized carbons (Fsp3) is 0.571. The average molecular weight is 308 g/mol. The first kappa shape index (κ1) is 9.69. The van der Waals surface area contributed by atoms with E-state index in [4.69, 9.17) is 4.74 Å². The van der Waals surface area contributed by atoms with Crippen molar-refractivity contribution in [2.24, 2.45) is 0 Å². The summed E-state index contributed by atoms with van der Waals surface area (Å²) in [5.41, 5.74) is 0. The number of amides is 1. The van der Waals surface area contributed by atoms with Crippen molar-refractivity contribution in [1.29, 1.82) is 0 Å². The minimum atomic E-state index is 0.0378. The number of hydrogen-bond acceptors (Lipinski definition) is 4. The molecule has 1 amide bonds. The molecule has 0 unspecified atom stereocenters. The molecule has 0 saturated carbocycles. The first-order chi connectivity index (χ1) is 6.72. The number of ether oxygens (including phenoxy) is 1. The monoisotopic (exact) mass is 308 g/mol. The van der Waals surface area contributed by atoms with Gasteiger partial charge in [-0.2, -0.15) is 0 Å². The molecular weight excluding hydrogens is 299 g/mol. The summed E-state index contributed by atoms with van der Waals surface area (Å²) < 4.78 is 6.96. The van der Waals surface area contributed by atoms with Crippen LogP contribution in [0.1, 0.15) is 5.82 Å². The summed E-state index contributed by atoms with van der Waals surface area (Å²) in [5.74, 6) is 0.776. The van der Waals surface area contributed by atoms with Crippen molar-refractivity contribution in [1.82, 2.24) is 19.7 Å². The Kier molecular flexibility index (Phi) is 2.57. The standard InChI is InChI=1S/C7H9IN4O2/c1-14-7-10-9-5-4-11(6(8)13)2-3-12(5)7/h2-4H2,1H3. The van der Waals surface area contributed by atoms with Gasteiger partial charge in [0, 0.05) is 35.7 Å². The summed E-state index contributed by atoms with van der Waals surface area (Å²) in [6, 6.07) is 0.514. The number of rotatable bonds is 1. The summed E-state index contributed by atoms with van der Waals surface area (Å²) in [6.45, 7) is 1.89. The zero-order valence-corrected chi connectivity index (χ0v) is 9.76. The fourth-order valence-electron chi connectivity index (χ4n) is 1.43. The van der Waals surface area contributed by atoms with E-state index >= 15 is 0 Å². The molecule has 76 valence electrons. The van der Waals surface area contributed by atoms with Gasteiger partial charge in [0.1, 0.15) is 0 Å². The maximum absolute atomic E-state index is 11.1. The highest BCUT2D eigenvalue weighted by molar-refractivity contribution is 14.1. The van der Waals surface area contributed by atoms with Crippen LogP contribution in [-0.2, 0) is 13.1 Å². The van der Waals surface area contributed by atoms with E-state index in [1.165, 1.54) is 0 Å². The van der Waals surface area contributed by atoms with Gasteiger partial charge in [-0.3, -0.25) is 9.36 Å². The van der Waals surface area contributed by atoms with Crippen molar-refractivity contribution < 1.29 is 9.53 Å². The second-order valence-electron chi connectivity index (χ2n) is 2.93. The largest absolute Gasteiger partial charge is 0.467 e.